The lowest BCUT2D eigenvalue weighted by atomic mass is 9.83. The van der Waals surface area contributed by atoms with E-state index in [0.29, 0.717) is 27.3 Å². The number of hydrogen-bond acceptors (Lipinski definition) is 7. The van der Waals surface area contributed by atoms with Crippen LogP contribution in [-0.4, -0.2) is 44.6 Å². The van der Waals surface area contributed by atoms with E-state index in [1.807, 2.05) is 12.1 Å². The fraction of sp³-hybridized carbons (Fsp3) is 0.217. The maximum atomic E-state index is 13.1. The summed E-state index contributed by atoms with van der Waals surface area (Å²) in [6.07, 6.45) is 0. The monoisotopic (exact) mass is 516 g/mol. The van der Waals surface area contributed by atoms with E-state index < -0.39 is 41.4 Å². The van der Waals surface area contributed by atoms with Crippen molar-refractivity contribution in [3.05, 3.63) is 79.2 Å². The molecule has 0 saturated carbocycles. The summed E-state index contributed by atoms with van der Waals surface area (Å²) in [5.41, 5.74) is 1.69. The highest BCUT2D eigenvalue weighted by atomic mass is 35.5. The highest BCUT2D eigenvalue weighted by Gasteiger charge is 2.56. The number of amides is 2. The van der Waals surface area contributed by atoms with Gasteiger partial charge in [-0.05, 0) is 35.4 Å². The molecule has 2 N–H and O–H groups in total. The Balaban J connectivity index is 1.44. The topological polar surface area (TPSA) is 117 Å². The first kappa shape index (κ1) is 22.7. The number of likely N-dealkylation sites (tertiary alicyclic amines) is 1. The van der Waals surface area contributed by atoms with E-state index >= 15 is 0 Å². The number of ether oxygens (including phenoxy) is 1. The zero-order chi connectivity index (χ0) is 24.0. The summed E-state index contributed by atoms with van der Waals surface area (Å²) in [5.74, 6) is -3.07. The Morgan fingerprint density at radius 2 is 1.76 bits per heavy atom. The van der Waals surface area contributed by atoms with E-state index in [2.05, 4.69) is 4.98 Å². The Morgan fingerprint density at radius 1 is 1.06 bits per heavy atom. The van der Waals surface area contributed by atoms with Gasteiger partial charge in [-0.25, -0.2) is 0 Å². The average Bonchev–Trinajstić information content (AvgIpc) is 3.29. The van der Waals surface area contributed by atoms with Crippen LogP contribution in [-0.2, 0) is 21.0 Å². The summed E-state index contributed by atoms with van der Waals surface area (Å²) in [7, 11) is 0. The van der Waals surface area contributed by atoms with E-state index in [4.69, 9.17) is 21.4 Å². The second-order valence-corrected chi connectivity index (χ2v) is 10.5. The largest absolute Gasteiger partial charge is 0.489 e. The number of aromatic amines is 1. The number of carbonyl (C=O) groups excluding carboxylic acids is 2. The molecule has 0 radical (unpaired) electrons. The molecule has 8 nitrogen and oxygen atoms in total. The molecule has 2 unspecified atom stereocenters. The number of imide groups is 1. The first-order chi connectivity index (χ1) is 16.3. The van der Waals surface area contributed by atoms with Crippen LogP contribution in [0.15, 0.2) is 58.4 Å². The van der Waals surface area contributed by atoms with Crippen LogP contribution in [0.2, 0.25) is 5.02 Å². The SMILES string of the molecule is O=C(O)CN1C(=O)C2Sc3[nH]c(=O)sc3[C@H](c3ccc(OCc4ccc(Cl)cc4)cc3)C2C1=O. The number of halogens is 1. The van der Waals surface area contributed by atoms with Gasteiger partial charge in [-0.1, -0.05) is 59.0 Å². The van der Waals surface area contributed by atoms with E-state index in [9.17, 15) is 19.2 Å². The summed E-state index contributed by atoms with van der Waals surface area (Å²) in [6.45, 7) is -0.332. The predicted molar refractivity (Wildman–Crippen MR) is 126 cm³/mol. The summed E-state index contributed by atoms with van der Waals surface area (Å²) < 4.78 is 5.84. The molecule has 0 spiro atoms. The van der Waals surface area contributed by atoms with E-state index in [-0.39, 0.29) is 4.87 Å². The Morgan fingerprint density at radius 3 is 2.44 bits per heavy atom. The molecule has 1 saturated heterocycles. The van der Waals surface area contributed by atoms with Gasteiger partial charge in [0.2, 0.25) is 11.8 Å². The molecule has 0 bridgehead atoms. The van der Waals surface area contributed by atoms with Crippen LogP contribution in [0.4, 0.5) is 0 Å². The second kappa shape index (κ2) is 8.94. The highest BCUT2D eigenvalue weighted by molar-refractivity contribution is 8.00. The molecule has 3 atom stereocenters. The van der Waals surface area contributed by atoms with Gasteiger partial charge in [-0.2, -0.15) is 0 Å². The first-order valence-electron chi connectivity index (χ1n) is 10.3. The summed E-state index contributed by atoms with van der Waals surface area (Å²) in [4.78, 5) is 53.3. The van der Waals surface area contributed by atoms with E-state index in [0.717, 1.165) is 39.1 Å². The van der Waals surface area contributed by atoms with Gasteiger partial charge in [-0.15, -0.1) is 0 Å². The number of fused-ring (bicyclic) bond motifs is 2. The molecular weight excluding hydrogens is 500 g/mol. The van der Waals surface area contributed by atoms with Crippen LogP contribution in [0.3, 0.4) is 0 Å². The Labute approximate surface area is 206 Å². The van der Waals surface area contributed by atoms with Crippen molar-refractivity contribution in [1.82, 2.24) is 9.88 Å². The number of rotatable bonds is 6. The molecule has 2 aromatic carbocycles. The smallest absolute Gasteiger partial charge is 0.323 e. The van der Waals surface area contributed by atoms with Crippen molar-refractivity contribution < 1.29 is 24.2 Å². The van der Waals surface area contributed by atoms with Gasteiger partial charge in [-0.3, -0.25) is 24.1 Å². The Hall–Kier alpha value is -3.08. The number of aliphatic carboxylic acids is 1. The van der Waals surface area contributed by atoms with E-state index in [1.165, 1.54) is 0 Å². The molecule has 2 aliphatic rings. The number of carboxylic acid groups (broad SMARTS) is 1. The number of thiazole rings is 1. The van der Waals surface area contributed by atoms with Crippen LogP contribution < -0.4 is 9.61 Å². The van der Waals surface area contributed by atoms with Crippen molar-refractivity contribution in [3.63, 3.8) is 0 Å². The second-order valence-electron chi connectivity index (χ2n) is 7.89. The third-order valence-electron chi connectivity index (χ3n) is 5.77. The summed E-state index contributed by atoms with van der Waals surface area (Å²) in [5, 5.41) is 9.55. The molecule has 3 aromatic rings. The van der Waals surface area contributed by atoms with Gasteiger partial charge in [0.05, 0.1) is 10.9 Å². The molecular formula is C23H17ClN2O6S2. The van der Waals surface area contributed by atoms with Crippen molar-refractivity contribution >= 4 is 52.5 Å². The fourth-order valence-electron chi connectivity index (χ4n) is 4.24. The van der Waals surface area contributed by atoms with Crippen molar-refractivity contribution in [2.75, 3.05) is 6.54 Å². The van der Waals surface area contributed by atoms with Gasteiger partial charge in [0.15, 0.2) is 0 Å². The minimum absolute atomic E-state index is 0.271. The minimum Gasteiger partial charge on any atom is -0.489 e. The first-order valence-corrected chi connectivity index (χ1v) is 12.3. The highest BCUT2D eigenvalue weighted by Crippen LogP contribution is 2.52. The van der Waals surface area contributed by atoms with Gasteiger partial charge >= 0.3 is 10.8 Å². The maximum absolute atomic E-state index is 13.1. The summed E-state index contributed by atoms with van der Waals surface area (Å²) >= 11 is 8.02. The Kier molecular flexibility index (Phi) is 5.97. The number of H-pyrrole nitrogens is 1. The number of aromatic nitrogens is 1. The van der Waals surface area contributed by atoms with Crippen LogP contribution in [0.5, 0.6) is 5.75 Å². The predicted octanol–water partition coefficient (Wildman–Crippen LogP) is 3.34. The van der Waals surface area contributed by atoms with Crippen molar-refractivity contribution in [3.8, 4) is 5.75 Å². The molecule has 174 valence electrons. The van der Waals surface area contributed by atoms with Crippen LogP contribution in [0.1, 0.15) is 21.9 Å². The lowest BCUT2D eigenvalue weighted by Crippen LogP contribution is -2.36. The molecule has 5 rings (SSSR count). The zero-order valence-electron chi connectivity index (χ0n) is 17.4. The normalized spacial score (nSPS) is 21.3. The van der Waals surface area contributed by atoms with Crippen LogP contribution in [0, 0.1) is 5.92 Å². The molecule has 11 heteroatoms. The number of hydrogen-bond donors (Lipinski definition) is 2. The molecule has 1 aromatic heterocycles. The molecule has 0 aliphatic carbocycles. The fourth-order valence-corrected chi connectivity index (χ4v) is 6.91. The zero-order valence-corrected chi connectivity index (χ0v) is 19.8. The number of thioether (sulfide) groups is 1. The third kappa shape index (κ3) is 4.13. The molecule has 1 fully saturated rings. The number of nitrogens with zero attached hydrogens (tertiary/aromatic N) is 1. The van der Waals surface area contributed by atoms with Crippen molar-refractivity contribution in [2.24, 2.45) is 5.92 Å². The van der Waals surface area contributed by atoms with Crippen LogP contribution in [0.25, 0.3) is 0 Å². The number of carboxylic acids is 1. The molecule has 2 amide bonds. The number of nitrogens with one attached hydrogen (secondary N) is 1. The molecule has 34 heavy (non-hydrogen) atoms. The van der Waals surface area contributed by atoms with Gasteiger partial charge < -0.3 is 14.8 Å². The van der Waals surface area contributed by atoms with Crippen molar-refractivity contribution in [2.45, 2.75) is 22.8 Å². The maximum Gasteiger partial charge on any atom is 0.323 e. The van der Waals surface area contributed by atoms with Crippen molar-refractivity contribution in [1.29, 1.82) is 0 Å². The number of carbonyl (C=O) groups is 3. The minimum atomic E-state index is -1.26. The van der Waals surface area contributed by atoms with Crippen LogP contribution >= 0.6 is 34.7 Å². The number of benzene rings is 2. The lowest BCUT2D eigenvalue weighted by molar-refractivity contribution is -0.149. The lowest BCUT2D eigenvalue weighted by Gasteiger charge is -2.29. The third-order valence-corrected chi connectivity index (χ3v) is 8.42. The molecule has 3 heterocycles. The average molecular weight is 517 g/mol. The standard InChI is InChI=1S/C23H17ClN2O6S2/c24-13-5-1-11(2-6-13)10-32-14-7-3-12(4-8-14)16-17-19(33-20-18(16)34-23(31)25-20)22(30)26(21(17)29)9-15(27)28/h1-8,16-17,19H,9-10H2,(H,25,31)(H,27,28)/t16-,17?,19?/m1/s1. The van der Waals surface area contributed by atoms with E-state index in [1.54, 1.807) is 36.4 Å². The van der Waals surface area contributed by atoms with Gasteiger partial charge in [0, 0.05) is 15.8 Å². The Bertz CT molecular complexity index is 1330. The molecule has 2 aliphatic heterocycles. The summed E-state index contributed by atoms with van der Waals surface area (Å²) in [6, 6.07) is 14.5. The van der Waals surface area contributed by atoms with Gasteiger partial charge in [0.25, 0.3) is 0 Å². The quantitative estimate of drug-likeness (QED) is 0.482. The van der Waals surface area contributed by atoms with Gasteiger partial charge in [0.1, 0.15) is 24.2 Å².